The van der Waals surface area contributed by atoms with E-state index >= 15 is 0 Å². The van der Waals surface area contributed by atoms with Gasteiger partial charge in [-0.1, -0.05) is 18.2 Å². The number of benzene rings is 1. The van der Waals surface area contributed by atoms with Gasteiger partial charge in [-0.25, -0.2) is 4.79 Å². The molecule has 0 N–H and O–H groups in total. The molecule has 0 radical (unpaired) electrons. The van der Waals surface area contributed by atoms with Gasteiger partial charge in [0.1, 0.15) is 12.2 Å². The first-order valence-electron chi connectivity index (χ1n) is 5.89. The summed E-state index contributed by atoms with van der Waals surface area (Å²) in [5.41, 5.74) is -1.68. The molecule has 0 saturated carbocycles. The van der Waals surface area contributed by atoms with E-state index < -0.39 is 29.1 Å². The Labute approximate surface area is 124 Å². The molecule has 0 saturated heterocycles. The third-order valence-electron chi connectivity index (χ3n) is 2.48. The number of Topliss-reactive ketones (excluding diaryl/α,β-unsaturated/α-hetero) is 1. The second-order valence-electron chi connectivity index (χ2n) is 4.02. The standard InChI is InChI=1S/C14H12ClF3O3/c1-9(19)11(13(20)21-7-6-15)8-10-4-2-3-5-12(10)14(16,17)18/h2-5,8H,6-7H2,1H3. The molecule has 1 aromatic rings. The van der Waals surface area contributed by atoms with E-state index in [-0.39, 0.29) is 18.1 Å². The normalized spacial score (nSPS) is 12.1. The highest BCUT2D eigenvalue weighted by Crippen LogP contribution is 2.32. The quantitative estimate of drug-likeness (QED) is 0.274. The van der Waals surface area contributed by atoms with Crippen molar-refractivity contribution in [2.75, 3.05) is 12.5 Å². The van der Waals surface area contributed by atoms with Crippen LogP contribution in [-0.2, 0) is 20.5 Å². The van der Waals surface area contributed by atoms with Crippen molar-refractivity contribution in [3.05, 3.63) is 41.0 Å². The van der Waals surface area contributed by atoms with Gasteiger partial charge in [0.05, 0.1) is 11.4 Å². The Morgan fingerprint density at radius 1 is 1.29 bits per heavy atom. The Hall–Kier alpha value is -1.82. The second-order valence-corrected chi connectivity index (χ2v) is 4.40. The van der Waals surface area contributed by atoms with Crippen molar-refractivity contribution in [2.45, 2.75) is 13.1 Å². The predicted molar refractivity (Wildman–Crippen MR) is 71.8 cm³/mol. The molecule has 21 heavy (non-hydrogen) atoms. The molecule has 0 aliphatic rings. The number of alkyl halides is 4. The molecule has 114 valence electrons. The summed E-state index contributed by atoms with van der Waals surface area (Å²) in [5, 5.41) is 0. The molecule has 1 aromatic carbocycles. The fourth-order valence-corrected chi connectivity index (χ4v) is 1.63. The lowest BCUT2D eigenvalue weighted by Crippen LogP contribution is -2.15. The van der Waals surface area contributed by atoms with Crippen LogP contribution in [0.2, 0.25) is 0 Å². The van der Waals surface area contributed by atoms with Crippen LogP contribution in [0, 0.1) is 0 Å². The van der Waals surface area contributed by atoms with Gasteiger partial charge in [0.25, 0.3) is 0 Å². The van der Waals surface area contributed by atoms with E-state index in [4.69, 9.17) is 11.6 Å². The van der Waals surface area contributed by atoms with E-state index in [0.29, 0.717) is 0 Å². The molecule has 3 nitrogen and oxygen atoms in total. The first kappa shape index (κ1) is 17.2. The SMILES string of the molecule is CC(=O)C(=Cc1ccccc1C(F)(F)F)C(=O)OCCCl. The summed E-state index contributed by atoms with van der Waals surface area (Å²) >= 11 is 5.34. The lowest BCUT2D eigenvalue weighted by molar-refractivity contribution is -0.140. The number of rotatable bonds is 5. The average molecular weight is 321 g/mol. The Balaban J connectivity index is 3.24. The van der Waals surface area contributed by atoms with Gasteiger partial charge in [0, 0.05) is 0 Å². The molecule has 0 bridgehead atoms. The third-order valence-corrected chi connectivity index (χ3v) is 2.63. The summed E-state index contributed by atoms with van der Waals surface area (Å²) in [6.07, 6.45) is -3.71. The maximum Gasteiger partial charge on any atom is 0.416 e. The molecule has 0 aliphatic heterocycles. The number of carbonyl (C=O) groups excluding carboxylic acids is 2. The number of hydrogen-bond acceptors (Lipinski definition) is 3. The van der Waals surface area contributed by atoms with Crippen LogP contribution < -0.4 is 0 Å². The van der Waals surface area contributed by atoms with Gasteiger partial charge in [-0.15, -0.1) is 11.6 Å². The molecule has 0 spiro atoms. The zero-order valence-electron chi connectivity index (χ0n) is 11.0. The zero-order valence-corrected chi connectivity index (χ0v) is 11.8. The Kier molecular flexibility index (Phi) is 5.96. The van der Waals surface area contributed by atoms with Gasteiger partial charge in [-0.2, -0.15) is 13.2 Å². The van der Waals surface area contributed by atoms with Crippen LogP contribution in [-0.4, -0.2) is 24.2 Å². The summed E-state index contributed by atoms with van der Waals surface area (Å²) in [7, 11) is 0. The van der Waals surface area contributed by atoms with Crippen molar-refractivity contribution in [1.82, 2.24) is 0 Å². The number of esters is 1. The van der Waals surface area contributed by atoms with Crippen LogP contribution in [0.5, 0.6) is 0 Å². The highest BCUT2D eigenvalue weighted by molar-refractivity contribution is 6.20. The van der Waals surface area contributed by atoms with Crippen LogP contribution in [0.15, 0.2) is 29.8 Å². The molecule has 0 atom stereocenters. The maximum atomic E-state index is 12.9. The first-order chi connectivity index (χ1) is 9.77. The molecule has 0 aromatic heterocycles. The molecule has 0 fully saturated rings. The number of ether oxygens (including phenoxy) is 1. The van der Waals surface area contributed by atoms with Crippen molar-refractivity contribution >= 4 is 29.4 Å². The number of halogens is 4. The zero-order chi connectivity index (χ0) is 16.0. The summed E-state index contributed by atoms with van der Waals surface area (Å²) in [6.45, 7) is 0.940. The first-order valence-corrected chi connectivity index (χ1v) is 6.42. The van der Waals surface area contributed by atoms with E-state index in [9.17, 15) is 22.8 Å². The Morgan fingerprint density at radius 2 is 1.90 bits per heavy atom. The van der Waals surface area contributed by atoms with Crippen molar-refractivity contribution in [3.8, 4) is 0 Å². The molecule has 0 amide bonds. The van der Waals surface area contributed by atoms with Crippen molar-refractivity contribution in [2.24, 2.45) is 0 Å². The summed E-state index contributed by atoms with van der Waals surface area (Å²) in [5.74, 6) is -1.66. The van der Waals surface area contributed by atoms with Crippen molar-refractivity contribution in [1.29, 1.82) is 0 Å². The molecule has 0 aliphatic carbocycles. The number of hydrogen-bond donors (Lipinski definition) is 0. The van der Waals surface area contributed by atoms with Crippen LogP contribution >= 0.6 is 11.6 Å². The number of ketones is 1. The van der Waals surface area contributed by atoms with Gasteiger partial charge in [-0.3, -0.25) is 4.79 Å². The minimum Gasteiger partial charge on any atom is -0.461 e. The predicted octanol–water partition coefficient (Wildman–Crippen LogP) is 3.46. The van der Waals surface area contributed by atoms with E-state index in [1.54, 1.807) is 0 Å². The summed E-state index contributed by atoms with van der Waals surface area (Å²) < 4.78 is 43.2. The van der Waals surface area contributed by atoms with E-state index in [1.165, 1.54) is 18.2 Å². The van der Waals surface area contributed by atoms with Gasteiger partial charge >= 0.3 is 12.1 Å². The maximum absolute atomic E-state index is 12.9. The van der Waals surface area contributed by atoms with E-state index in [0.717, 1.165) is 19.1 Å². The highest BCUT2D eigenvalue weighted by Gasteiger charge is 2.33. The van der Waals surface area contributed by atoms with Crippen molar-refractivity contribution < 1.29 is 27.5 Å². The highest BCUT2D eigenvalue weighted by atomic mass is 35.5. The summed E-state index contributed by atoms with van der Waals surface area (Å²) in [4.78, 5) is 23.1. The molecule has 7 heteroatoms. The van der Waals surface area contributed by atoms with Gasteiger partial charge < -0.3 is 4.74 Å². The van der Waals surface area contributed by atoms with E-state index in [1.807, 2.05) is 0 Å². The lowest BCUT2D eigenvalue weighted by Gasteiger charge is -2.11. The monoisotopic (exact) mass is 320 g/mol. The number of carbonyl (C=O) groups is 2. The topological polar surface area (TPSA) is 43.4 Å². The van der Waals surface area contributed by atoms with E-state index in [2.05, 4.69) is 4.74 Å². The molecular formula is C14H12ClF3O3. The minimum atomic E-state index is -4.59. The fraction of sp³-hybridized carbons (Fsp3) is 0.286. The molecule has 0 heterocycles. The van der Waals surface area contributed by atoms with Gasteiger partial charge in [0.2, 0.25) is 0 Å². The minimum absolute atomic E-state index is 0.0239. The van der Waals surface area contributed by atoms with Crippen LogP contribution in [0.1, 0.15) is 18.1 Å². The molecular weight excluding hydrogens is 309 g/mol. The Morgan fingerprint density at radius 3 is 2.43 bits per heavy atom. The average Bonchev–Trinajstić information content (AvgIpc) is 2.41. The summed E-state index contributed by atoms with van der Waals surface area (Å²) in [6, 6.07) is 4.64. The van der Waals surface area contributed by atoms with Gasteiger partial charge in [0.15, 0.2) is 5.78 Å². The molecule has 0 unspecified atom stereocenters. The molecule has 1 rings (SSSR count). The van der Waals surface area contributed by atoms with Crippen LogP contribution in [0.3, 0.4) is 0 Å². The van der Waals surface area contributed by atoms with Gasteiger partial charge in [-0.05, 0) is 24.6 Å². The van der Waals surface area contributed by atoms with Crippen LogP contribution in [0.25, 0.3) is 6.08 Å². The van der Waals surface area contributed by atoms with Crippen LogP contribution in [0.4, 0.5) is 13.2 Å². The fourth-order valence-electron chi connectivity index (χ4n) is 1.55. The lowest BCUT2D eigenvalue weighted by atomic mass is 10.0. The Bertz CT molecular complexity index is 565. The second kappa shape index (κ2) is 7.26. The van der Waals surface area contributed by atoms with Crippen molar-refractivity contribution in [3.63, 3.8) is 0 Å². The smallest absolute Gasteiger partial charge is 0.416 e. The third kappa shape index (κ3) is 4.90. The largest absolute Gasteiger partial charge is 0.461 e.